The van der Waals surface area contributed by atoms with Crippen molar-refractivity contribution < 1.29 is 9.53 Å². The van der Waals surface area contributed by atoms with Gasteiger partial charge in [0.2, 0.25) is 0 Å². The monoisotopic (exact) mass is 340 g/mol. The standard InChI is InChI=1S/C18H16N2O3S/c1-3-19-14-10-11(8-9-12(14)18(22)23-2)17-20-16(21)13-6-4-5-7-15(13)24-17/h4-10,19H,3H2,1-2H3. The highest BCUT2D eigenvalue weighted by atomic mass is 32.1. The van der Waals surface area contributed by atoms with Crippen molar-refractivity contribution in [2.75, 3.05) is 19.0 Å². The highest BCUT2D eigenvalue weighted by Crippen LogP contribution is 2.29. The number of nitrogens with one attached hydrogen (secondary N) is 1. The van der Waals surface area contributed by atoms with Crippen molar-refractivity contribution in [2.24, 2.45) is 0 Å². The molecule has 0 aliphatic carbocycles. The summed E-state index contributed by atoms with van der Waals surface area (Å²) in [6.07, 6.45) is 0. The van der Waals surface area contributed by atoms with Crippen LogP contribution < -0.4 is 10.9 Å². The molecule has 0 atom stereocenters. The lowest BCUT2D eigenvalue weighted by Gasteiger charge is -2.11. The molecular formula is C18H16N2O3S. The predicted octanol–water partition coefficient (Wildman–Crippen LogP) is 3.54. The molecule has 0 saturated carbocycles. The van der Waals surface area contributed by atoms with Gasteiger partial charge >= 0.3 is 5.97 Å². The number of fused-ring (bicyclic) bond motifs is 1. The fourth-order valence-corrected chi connectivity index (χ4v) is 3.43. The number of anilines is 1. The number of carbonyl (C=O) groups excluding carboxylic acids is 1. The van der Waals surface area contributed by atoms with Gasteiger partial charge in [0, 0.05) is 22.5 Å². The summed E-state index contributed by atoms with van der Waals surface area (Å²) in [5.41, 5.74) is 1.65. The zero-order chi connectivity index (χ0) is 17.1. The van der Waals surface area contributed by atoms with Gasteiger partial charge in [-0.25, -0.2) is 4.79 Å². The third-order valence-electron chi connectivity index (χ3n) is 3.57. The topological polar surface area (TPSA) is 68.3 Å². The molecule has 0 saturated heterocycles. The molecule has 0 aliphatic heterocycles. The van der Waals surface area contributed by atoms with E-state index in [0.717, 1.165) is 10.3 Å². The molecule has 24 heavy (non-hydrogen) atoms. The number of hydrogen-bond donors (Lipinski definition) is 1. The Morgan fingerprint density at radius 3 is 2.79 bits per heavy atom. The SMILES string of the molecule is CCNc1cc(-c2nc(=O)c3ccccc3s2)ccc1C(=O)OC. The highest BCUT2D eigenvalue weighted by Gasteiger charge is 2.14. The number of aromatic nitrogens is 1. The molecule has 0 bridgehead atoms. The van der Waals surface area contributed by atoms with Crippen molar-refractivity contribution in [1.29, 1.82) is 0 Å². The van der Waals surface area contributed by atoms with Crippen LogP contribution in [0.3, 0.4) is 0 Å². The Hall–Kier alpha value is -2.73. The minimum absolute atomic E-state index is 0.249. The molecule has 0 radical (unpaired) electrons. The van der Waals surface area contributed by atoms with Gasteiger partial charge in [-0.1, -0.05) is 18.2 Å². The molecule has 0 amide bonds. The predicted molar refractivity (Wildman–Crippen MR) is 96.8 cm³/mol. The number of rotatable bonds is 4. The summed E-state index contributed by atoms with van der Waals surface area (Å²) < 4.78 is 5.69. The van der Waals surface area contributed by atoms with Crippen LogP contribution in [-0.2, 0) is 4.74 Å². The average molecular weight is 340 g/mol. The fraction of sp³-hybridized carbons (Fsp3) is 0.167. The maximum atomic E-state index is 12.2. The zero-order valence-electron chi connectivity index (χ0n) is 13.3. The smallest absolute Gasteiger partial charge is 0.339 e. The molecule has 1 N–H and O–H groups in total. The summed E-state index contributed by atoms with van der Waals surface area (Å²) in [6, 6.07) is 12.7. The Morgan fingerprint density at radius 1 is 1.25 bits per heavy atom. The molecular weight excluding hydrogens is 324 g/mol. The number of ether oxygens (including phenoxy) is 1. The van der Waals surface area contributed by atoms with Crippen molar-refractivity contribution in [1.82, 2.24) is 4.98 Å². The number of esters is 1. The summed E-state index contributed by atoms with van der Waals surface area (Å²) in [7, 11) is 1.35. The van der Waals surface area contributed by atoms with E-state index >= 15 is 0 Å². The first-order valence-electron chi connectivity index (χ1n) is 7.50. The first-order chi connectivity index (χ1) is 11.6. The van der Waals surface area contributed by atoms with Crippen molar-refractivity contribution >= 4 is 33.1 Å². The molecule has 3 aromatic rings. The molecule has 0 fully saturated rings. The average Bonchev–Trinajstić information content (AvgIpc) is 2.61. The number of methoxy groups -OCH3 is 1. The summed E-state index contributed by atoms with van der Waals surface area (Å²) >= 11 is 1.45. The van der Waals surface area contributed by atoms with Gasteiger partial charge in [0.05, 0.1) is 18.1 Å². The highest BCUT2D eigenvalue weighted by molar-refractivity contribution is 7.21. The van der Waals surface area contributed by atoms with Crippen LogP contribution in [0.15, 0.2) is 47.3 Å². The van der Waals surface area contributed by atoms with E-state index in [1.54, 1.807) is 18.2 Å². The van der Waals surface area contributed by atoms with Crippen molar-refractivity contribution in [3.05, 3.63) is 58.4 Å². The fourth-order valence-electron chi connectivity index (χ4n) is 2.44. The minimum Gasteiger partial charge on any atom is -0.465 e. The molecule has 3 rings (SSSR count). The lowest BCUT2D eigenvalue weighted by Crippen LogP contribution is -2.09. The van der Waals surface area contributed by atoms with Crippen LogP contribution in [0.5, 0.6) is 0 Å². The van der Waals surface area contributed by atoms with E-state index < -0.39 is 5.97 Å². The van der Waals surface area contributed by atoms with Crippen LogP contribution in [0.25, 0.3) is 20.7 Å². The molecule has 1 aromatic heterocycles. The molecule has 6 heteroatoms. The molecule has 2 aromatic carbocycles. The maximum Gasteiger partial charge on any atom is 0.339 e. The van der Waals surface area contributed by atoms with Crippen LogP contribution >= 0.6 is 11.3 Å². The van der Waals surface area contributed by atoms with E-state index in [1.165, 1.54) is 18.4 Å². The van der Waals surface area contributed by atoms with Gasteiger partial charge in [-0.3, -0.25) is 4.79 Å². The summed E-state index contributed by atoms with van der Waals surface area (Å²) in [5, 5.41) is 4.39. The van der Waals surface area contributed by atoms with Crippen LogP contribution in [0.4, 0.5) is 5.69 Å². The minimum atomic E-state index is -0.405. The quantitative estimate of drug-likeness (QED) is 0.736. The van der Waals surface area contributed by atoms with Crippen LogP contribution in [0.2, 0.25) is 0 Å². The Morgan fingerprint density at radius 2 is 2.04 bits per heavy atom. The summed E-state index contributed by atoms with van der Waals surface area (Å²) in [5.74, 6) is -0.405. The molecule has 122 valence electrons. The second kappa shape index (κ2) is 6.80. The molecule has 0 unspecified atom stereocenters. The molecule has 5 nitrogen and oxygen atoms in total. The molecule has 1 heterocycles. The Bertz CT molecular complexity index is 966. The van der Waals surface area contributed by atoms with Crippen molar-refractivity contribution in [3.8, 4) is 10.6 Å². The van der Waals surface area contributed by atoms with Gasteiger partial charge in [-0.15, -0.1) is 11.3 Å². The van der Waals surface area contributed by atoms with E-state index in [4.69, 9.17) is 4.74 Å². The van der Waals surface area contributed by atoms with E-state index in [2.05, 4.69) is 10.3 Å². The van der Waals surface area contributed by atoms with E-state index in [1.807, 2.05) is 31.2 Å². The Balaban J connectivity index is 2.14. The molecule has 0 spiro atoms. The second-order valence-corrected chi connectivity index (χ2v) is 6.13. The van der Waals surface area contributed by atoms with Gasteiger partial charge in [0.15, 0.2) is 0 Å². The van der Waals surface area contributed by atoms with Gasteiger partial charge < -0.3 is 10.1 Å². The van der Waals surface area contributed by atoms with Gasteiger partial charge in [0.1, 0.15) is 5.01 Å². The Labute approximate surface area is 142 Å². The third kappa shape index (κ3) is 3.00. The number of nitrogens with zero attached hydrogens (tertiary/aromatic N) is 1. The normalized spacial score (nSPS) is 10.6. The van der Waals surface area contributed by atoms with Crippen molar-refractivity contribution in [3.63, 3.8) is 0 Å². The zero-order valence-corrected chi connectivity index (χ0v) is 14.1. The molecule has 0 aliphatic rings. The summed E-state index contributed by atoms with van der Waals surface area (Å²) in [6.45, 7) is 2.61. The van der Waals surface area contributed by atoms with Crippen LogP contribution in [0.1, 0.15) is 17.3 Å². The third-order valence-corrected chi connectivity index (χ3v) is 4.66. The maximum absolute atomic E-state index is 12.2. The van der Waals surface area contributed by atoms with Crippen LogP contribution in [-0.4, -0.2) is 24.6 Å². The lowest BCUT2D eigenvalue weighted by molar-refractivity contribution is 0.0602. The van der Waals surface area contributed by atoms with E-state index in [9.17, 15) is 9.59 Å². The van der Waals surface area contributed by atoms with Crippen molar-refractivity contribution in [2.45, 2.75) is 6.92 Å². The first kappa shape index (κ1) is 16.1. The number of benzene rings is 2. The Kier molecular flexibility index (Phi) is 4.57. The van der Waals surface area contributed by atoms with E-state index in [0.29, 0.717) is 28.2 Å². The van der Waals surface area contributed by atoms with E-state index in [-0.39, 0.29) is 5.56 Å². The largest absolute Gasteiger partial charge is 0.465 e. The number of hydrogen-bond acceptors (Lipinski definition) is 6. The number of carbonyl (C=O) groups is 1. The first-order valence-corrected chi connectivity index (χ1v) is 8.32. The van der Waals surface area contributed by atoms with Gasteiger partial charge in [-0.2, -0.15) is 4.98 Å². The lowest BCUT2D eigenvalue weighted by atomic mass is 10.1. The van der Waals surface area contributed by atoms with Gasteiger partial charge in [-0.05, 0) is 31.2 Å². The van der Waals surface area contributed by atoms with Crippen LogP contribution in [0, 0.1) is 0 Å². The second-order valence-electron chi connectivity index (χ2n) is 5.10. The van der Waals surface area contributed by atoms with Gasteiger partial charge in [0.25, 0.3) is 5.56 Å². The summed E-state index contributed by atoms with van der Waals surface area (Å²) in [4.78, 5) is 28.3.